The van der Waals surface area contributed by atoms with Crippen molar-refractivity contribution in [3.8, 4) is 5.75 Å². The van der Waals surface area contributed by atoms with E-state index in [4.69, 9.17) is 9.47 Å². The Morgan fingerprint density at radius 1 is 0.853 bits per heavy atom. The lowest BCUT2D eigenvalue weighted by molar-refractivity contribution is -0.163. The molecule has 0 radical (unpaired) electrons. The molecule has 4 nitrogen and oxygen atoms in total. The van der Waals surface area contributed by atoms with Crippen LogP contribution in [0.3, 0.4) is 0 Å². The van der Waals surface area contributed by atoms with E-state index >= 15 is 0 Å². The van der Waals surface area contributed by atoms with Gasteiger partial charge in [-0.25, -0.2) is 4.79 Å². The lowest BCUT2D eigenvalue weighted by atomic mass is 9.88. The zero-order chi connectivity index (χ0) is 23.4. The van der Waals surface area contributed by atoms with Crippen molar-refractivity contribution in [3.63, 3.8) is 0 Å². The number of aliphatic hydroxyl groups excluding tert-OH is 1. The summed E-state index contributed by atoms with van der Waals surface area (Å²) in [5.41, 5.74) is 0.730. The van der Waals surface area contributed by atoms with Gasteiger partial charge in [0.2, 0.25) is 0 Å². The summed E-state index contributed by atoms with van der Waals surface area (Å²) in [6, 6.07) is 33.2. The van der Waals surface area contributed by atoms with Crippen LogP contribution >= 0.6 is 11.8 Å². The predicted octanol–water partition coefficient (Wildman–Crippen LogP) is 6.76. The number of aliphatic hydroxyl groups is 1. The highest BCUT2D eigenvalue weighted by molar-refractivity contribution is 8.03. The number of fused-ring (bicyclic) bond motifs is 1. The number of carbonyl (C=O) groups is 1. The van der Waals surface area contributed by atoms with Crippen molar-refractivity contribution in [2.45, 2.75) is 17.8 Å². The number of benzene rings is 4. The molecule has 1 aliphatic rings. The summed E-state index contributed by atoms with van der Waals surface area (Å²) >= 11 is 1.29. The maximum absolute atomic E-state index is 13.1. The van der Waals surface area contributed by atoms with E-state index in [-0.39, 0.29) is 23.7 Å². The zero-order valence-corrected chi connectivity index (χ0v) is 19.3. The van der Waals surface area contributed by atoms with E-state index in [1.165, 1.54) is 11.8 Å². The first-order chi connectivity index (χ1) is 16.6. The highest BCUT2D eigenvalue weighted by Crippen LogP contribution is 2.41. The van der Waals surface area contributed by atoms with Crippen LogP contribution in [0, 0.1) is 0 Å². The normalized spacial score (nSPS) is 18.1. The van der Waals surface area contributed by atoms with Crippen molar-refractivity contribution < 1.29 is 19.4 Å². The van der Waals surface area contributed by atoms with Crippen LogP contribution in [0.25, 0.3) is 10.8 Å². The van der Waals surface area contributed by atoms with Gasteiger partial charge >= 0.3 is 5.97 Å². The van der Waals surface area contributed by atoms with E-state index in [0.29, 0.717) is 11.5 Å². The second kappa shape index (κ2) is 9.65. The molecular formula is C29H24O4S. The zero-order valence-electron chi connectivity index (χ0n) is 18.5. The SMILES string of the molecule is O=C1OC(COc2ccc3ccccc3c2)(c2ccccc2)CC(O)=C1SCc1ccccc1. The van der Waals surface area contributed by atoms with Crippen LogP contribution < -0.4 is 4.74 Å². The van der Waals surface area contributed by atoms with Crippen molar-refractivity contribution >= 4 is 28.5 Å². The molecule has 1 N–H and O–H groups in total. The monoisotopic (exact) mass is 468 g/mol. The van der Waals surface area contributed by atoms with Crippen LogP contribution in [0.5, 0.6) is 5.75 Å². The van der Waals surface area contributed by atoms with Crippen LogP contribution in [0.4, 0.5) is 0 Å². The fourth-order valence-corrected chi connectivity index (χ4v) is 5.03. The summed E-state index contributed by atoms with van der Waals surface area (Å²) in [7, 11) is 0. The van der Waals surface area contributed by atoms with Gasteiger partial charge in [-0.3, -0.25) is 0 Å². The molecule has 0 bridgehead atoms. The predicted molar refractivity (Wildman–Crippen MR) is 136 cm³/mol. The van der Waals surface area contributed by atoms with Crippen molar-refractivity contribution in [2.75, 3.05) is 6.61 Å². The minimum atomic E-state index is -1.12. The molecule has 5 rings (SSSR count). The maximum Gasteiger partial charge on any atom is 0.349 e. The quantitative estimate of drug-likeness (QED) is 0.304. The van der Waals surface area contributed by atoms with E-state index < -0.39 is 11.6 Å². The topological polar surface area (TPSA) is 55.8 Å². The molecule has 1 atom stereocenters. The minimum Gasteiger partial charge on any atom is -0.511 e. The number of ether oxygens (including phenoxy) is 2. The third-order valence-corrected chi connectivity index (χ3v) is 7.08. The molecule has 34 heavy (non-hydrogen) atoms. The van der Waals surface area contributed by atoms with Gasteiger partial charge in [-0.05, 0) is 34.0 Å². The van der Waals surface area contributed by atoms with Gasteiger partial charge in [0.05, 0.1) is 6.42 Å². The molecule has 0 amide bonds. The van der Waals surface area contributed by atoms with Gasteiger partial charge in [0.1, 0.15) is 23.0 Å². The van der Waals surface area contributed by atoms with Crippen molar-refractivity contribution in [1.29, 1.82) is 0 Å². The molecule has 5 heteroatoms. The molecule has 1 aliphatic heterocycles. The average molecular weight is 469 g/mol. The summed E-state index contributed by atoms with van der Waals surface area (Å²) in [6.45, 7) is 0.0851. The Bertz CT molecular complexity index is 1330. The molecule has 0 saturated carbocycles. The van der Waals surface area contributed by atoms with Gasteiger partial charge in [0.15, 0.2) is 5.60 Å². The number of hydrogen-bond donors (Lipinski definition) is 1. The standard InChI is InChI=1S/C29H24O4S/c30-26-18-29(24-13-5-2-6-14-24,20-32-25-16-15-22-11-7-8-12-23(22)17-25)33-28(31)27(26)34-19-21-9-3-1-4-10-21/h1-17,30H,18-20H2. The van der Waals surface area contributed by atoms with E-state index in [9.17, 15) is 9.90 Å². The number of carbonyl (C=O) groups excluding carboxylic acids is 1. The summed E-state index contributed by atoms with van der Waals surface area (Å²) in [5, 5.41) is 13.1. The number of esters is 1. The van der Waals surface area contributed by atoms with Gasteiger partial charge in [-0.15, -0.1) is 11.8 Å². The molecule has 0 aliphatic carbocycles. The van der Waals surface area contributed by atoms with Crippen molar-refractivity contribution in [1.82, 2.24) is 0 Å². The summed E-state index contributed by atoms with van der Waals surface area (Å²) in [4.78, 5) is 13.3. The number of thioether (sulfide) groups is 1. The lowest BCUT2D eigenvalue weighted by Gasteiger charge is -2.37. The molecule has 4 aromatic carbocycles. The Hall–Kier alpha value is -3.70. The first-order valence-corrected chi connectivity index (χ1v) is 12.1. The fourth-order valence-electron chi connectivity index (χ4n) is 4.12. The average Bonchev–Trinajstić information content (AvgIpc) is 2.88. The van der Waals surface area contributed by atoms with Gasteiger partial charge in [0.25, 0.3) is 0 Å². The molecule has 0 aromatic heterocycles. The highest BCUT2D eigenvalue weighted by atomic mass is 32.2. The Morgan fingerprint density at radius 3 is 2.26 bits per heavy atom. The van der Waals surface area contributed by atoms with Crippen LogP contribution in [0.15, 0.2) is 114 Å². The molecule has 1 unspecified atom stereocenters. The number of hydrogen-bond acceptors (Lipinski definition) is 5. The molecule has 0 saturated heterocycles. The van der Waals surface area contributed by atoms with Gasteiger partial charge in [0, 0.05) is 5.75 Å². The molecular weight excluding hydrogens is 444 g/mol. The van der Waals surface area contributed by atoms with Gasteiger partial charge in [-0.1, -0.05) is 91.0 Å². The van der Waals surface area contributed by atoms with Crippen LogP contribution in [-0.4, -0.2) is 17.7 Å². The number of cyclic esters (lactones) is 1. The Balaban J connectivity index is 1.40. The molecule has 0 spiro atoms. The smallest absolute Gasteiger partial charge is 0.349 e. The molecule has 0 fully saturated rings. The van der Waals surface area contributed by atoms with Crippen LogP contribution in [0.2, 0.25) is 0 Å². The lowest BCUT2D eigenvalue weighted by Crippen LogP contribution is -2.42. The second-order valence-corrected chi connectivity index (χ2v) is 9.26. The first kappa shape index (κ1) is 22.1. The van der Waals surface area contributed by atoms with E-state index in [0.717, 1.165) is 21.9 Å². The Kier molecular flexibility index (Phi) is 6.28. The summed E-state index contributed by atoms with van der Waals surface area (Å²) in [6.07, 6.45) is 0.146. The van der Waals surface area contributed by atoms with Gasteiger partial charge in [-0.2, -0.15) is 0 Å². The van der Waals surface area contributed by atoms with Crippen LogP contribution in [0.1, 0.15) is 17.5 Å². The van der Waals surface area contributed by atoms with Crippen molar-refractivity contribution in [3.05, 3.63) is 125 Å². The molecule has 4 aromatic rings. The minimum absolute atomic E-state index is 0.0307. The Morgan fingerprint density at radius 2 is 1.53 bits per heavy atom. The number of rotatable bonds is 7. The second-order valence-electron chi connectivity index (χ2n) is 8.27. The third-order valence-electron chi connectivity index (χ3n) is 5.91. The van der Waals surface area contributed by atoms with Crippen LogP contribution in [-0.2, 0) is 20.9 Å². The van der Waals surface area contributed by atoms with E-state index in [1.54, 1.807) is 0 Å². The Labute approximate surface area is 202 Å². The van der Waals surface area contributed by atoms with Crippen molar-refractivity contribution in [2.24, 2.45) is 0 Å². The molecule has 1 heterocycles. The third kappa shape index (κ3) is 4.66. The summed E-state index contributed by atoms with van der Waals surface area (Å²) < 4.78 is 12.2. The highest BCUT2D eigenvalue weighted by Gasteiger charge is 2.44. The molecule has 170 valence electrons. The largest absolute Gasteiger partial charge is 0.511 e. The first-order valence-electron chi connectivity index (χ1n) is 11.1. The maximum atomic E-state index is 13.1. The fraction of sp³-hybridized carbons (Fsp3) is 0.138. The van der Waals surface area contributed by atoms with E-state index in [2.05, 4.69) is 0 Å². The van der Waals surface area contributed by atoms with Gasteiger partial charge < -0.3 is 14.6 Å². The summed E-state index contributed by atoms with van der Waals surface area (Å²) in [5.74, 6) is 0.748. The van der Waals surface area contributed by atoms with E-state index in [1.807, 2.05) is 103 Å².